The minimum atomic E-state index is -0.142. The summed E-state index contributed by atoms with van der Waals surface area (Å²) < 4.78 is 12.3. The topological polar surface area (TPSA) is 38.8 Å². The molecule has 0 bridgehead atoms. The van der Waals surface area contributed by atoms with Gasteiger partial charge in [0.15, 0.2) is 7.28 Å². The fraction of sp³-hybridized carbons (Fsp3) is 0.480. The predicted molar refractivity (Wildman–Crippen MR) is 122 cm³/mol. The second-order valence-electron chi connectivity index (χ2n) is 9.05. The Morgan fingerprint density at radius 3 is 2.73 bits per heavy atom. The van der Waals surface area contributed by atoms with Gasteiger partial charge in [-0.3, -0.25) is 4.79 Å². The molecule has 1 aliphatic carbocycles. The van der Waals surface area contributed by atoms with Gasteiger partial charge >= 0.3 is 5.97 Å². The molecular formula is C25H32BNO3. The van der Waals surface area contributed by atoms with E-state index in [1.807, 2.05) is 14.1 Å². The van der Waals surface area contributed by atoms with Gasteiger partial charge in [0.2, 0.25) is 0 Å². The van der Waals surface area contributed by atoms with Gasteiger partial charge in [-0.15, -0.1) is 0 Å². The zero-order valence-electron chi connectivity index (χ0n) is 18.8. The summed E-state index contributed by atoms with van der Waals surface area (Å²) >= 11 is 0. The molecule has 2 unspecified atom stereocenters. The van der Waals surface area contributed by atoms with Crippen molar-refractivity contribution in [2.75, 3.05) is 20.6 Å². The molecule has 0 spiro atoms. The number of carbonyl (C=O) groups is 1. The summed E-state index contributed by atoms with van der Waals surface area (Å²) in [5.74, 6) is 1.07. The third kappa shape index (κ3) is 3.76. The number of nitrogens with zero attached hydrogens (tertiary/aromatic N) is 1. The van der Waals surface area contributed by atoms with Crippen LogP contribution in [0, 0.1) is 25.7 Å². The monoisotopic (exact) mass is 405 g/mol. The first kappa shape index (κ1) is 21.0. The highest BCUT2D eigenvalue weighted by Gasteiger charge is 2.48. The highest BCUT2D eigenvalue weighted by Crippen LogP contribution is 2.50. The van der Waals surface area contributed by atoms with Crippen LogP contribution in [-0.2, 0) is 22.6 Å². The number of benzene rings is 2. The van der Waals surface area contributed by atoms with Gasteiger partial charge in [-0.05, 0) is 69.1 Å². The average Bonchev–Trinajstić information content (AvgIpc) is 3.04. The smallest absolute Gasteiger partial charge is 0.311 e. The van der Waals surface area contributed by atoms with Crippen LogP contribution in [0.5, 0.6) is 5.75 Å². The molecule has 0 aromatic heterocycles. The van der Waals surface area contributed by atoms with Crippen molar-refractivity contribution in [3.63, 3.8) is 0 Å². The Morgan fingerprint density at radius 1 is 1.23 bits per heavy atom. The number of ether oxygens (including phenoxy) is 2. The fourth-order valence-electron chi connectivity index (χ4n) is 5.25. The fourth-order valence-corrected chi connectivity index (χ4v) is 5.25. The van der Waals surface area contributed by atoms with E-state index in [-0.39, 0.29) is 23.9 Å². The molecule has 4 rings (SSSR count). The van der Waals surface area contributed by atoms with Crippen molar-refractivity contribution in [2.24, 2.45) is 11.8 Å². The Balaban J connectivity index is 1.64. The lowest BCUT2D eigenvalue weighted by atomic mass is 9.71. The lowest BCUT2D eigenvalue weighted by molar-refractivity contribution is -0.144. The number of aryl methyl sites for hydroxylation is 1. The van der Waals surface area contributed by atoms with Gasteiger partial charge in [-0.25, -0.2) is 0 Å². The van der Waals surface area contributed by atoms with Crippen LogP contribution in [0.4, 0.5) is 0 Å². The largest absolute Gasteiger partial charge is 0.489 e. The summed E-state index contributed by atoms with van der Waals surface area (Å²) in [6, 6.07) is 10.6. The zero-order valence-corrected chi connectivity index (χ0v) is 18.8. The number of hydrogen-bond donors (Lipinski definition) is 0. The number of rotatable bonds is 6. The third-order valence-corrected chi connectivity index (χ3v) is 6.83. The highest BCUT2D eigenvalue weighted by molar-refractivity contribution is 6.52. The lowest BCUT2D eigenvalue weighted by Crippen LogP contribution is -2.31. The molecule has 2 aromatic rings. The van der Waals surface area contributed by atoms with Crippen LogP contribution in [0.2, 0.25) is 6.82 Å². The lowest BCUT2D eigenvalue weighted by Gasteiger charge is -2.32. The van der Waals surface area contributed by atoms with E-state index in [4.69, 9.17) is 9.47 Å². The molecule has 158 valence electrons. The van der Waals surface area contributed by atoms with Crippen molar-refractivity contribution in [1.29, 1.82) is 0 Å². The normalized spacial score (nSPS) is 22.5. The number of carbonyl (C=O) groups excluding carboxylic acids is 1. The Kier molecular flexibility index (Phi) is 5.92. The second-order valence-corrected chi connectivity index (χ2v) is 9.05. The predicted octanol–water partition coefficient (Wildman–Crippen LogP) is 3.33. The molecule has 3 atom stereocenters. The van der Waals surface area contributed by atoms with Crippen LogP contribution in [0.3, 0.4) is 0 Å². The summed E-state index contributed by atoms with van der Waals surface area (Å²) in [5, 5.41) is 0. The third-order valence-electron chi connectivity index (χ3n) is 6.83. The molecule has 0 N–H and O–H groups in total. The van der Waals surface area contributed by atoms with Crippen LogP contribution in [0.15, 0.2) is 30.3 Å². The van der Waals surface area contributed by atoms with E-state index in [0.29, 0.717) is 6.61 Å². The molecule has 1 fully saturated rings. The Bertz CT molecular complexity index is 956. The van der Waals surface area contributed by atoms with Crippen molar-refractivity contribution >= 4 is 18.7 Å². The van der Waals surface area contributed by atoms with Gasteiger partial charge in [0.25, 0.3) is 0 Å². The summed E-state index contributed by atoms with van der Waals surface area (Å²) in [6.45, 7) is 7.75. The molecule has 5 heteroatoms. The molecule has 1 aliphatic heterocycles. The maximum atomic E-state index is 12.7. The van der Waals surface area contributed by atoms with E-state index in [0.717, 1.165) is 38.0 Å². The highest BCUT2D eigenvalue weighted by atomic mass is 16.6. The summed E-state index contributed by atoms with van der Waals surface area (Å²) in [4.78, 5) is 14.8. The molecule has 30 heavy (non-hydrogen) atoms. The number of fused-ring (bicyclic) bond motifs is 3. The maximum absolute atomic E-state index is 12.7. The van der Waals surface area contributed by atoms with Crippen LogP contribution in [0.25, 0.3) is 0 Å². The van der Waals surface area contributed by atoms with Crippen molar-refractivity contribution in [3.8, 4) is 5.75 Å². The van der Waals surface area contributed by atoms with Gasteiger partial charge in [0, 0.05) is 18.0 Å². The van der Waals surface area contributed by atoms with Crippen molar-refractivity contribution in [2.45, 2.75) is 46.2 Å². The number of esters is 1. The first-order chi connectivity index (χ1) is 14.4. The zero-order chi connectivity index (χ0) is 21.4. The molecule has 1 saturated heterocycles. The quantitative estimate of drug-likeness (QED) is 0.546. The first-order valence-corrected chi connectivity index (χ1v) is 11.1. The Labute approximate surface area is 180 Å². The molecule has 4 nitrogen and oxygen atoms in total. The SMILES string of the molecule is CBc1ccccc1COc1cc(C)c2c(c1C)C1OC(=O)C(CN(C)C)[C@@H]1CC2. The van der Waals surface area contributed by atoms with Crippen LogP contribution < -0.4 is 10.2 Å². The molecule has 0 radical (unpaired) electrons. The van der Waals surface area contributed by atoms with Gasteiger partial charge in [0.1, 0.15) is 18.5 Å². The molecule has 0 saturated carbocycles. The van der Waals surface area contributed by atoms with E-state index in [1.54, 1.807) is 0 Å². The second kappa shape index (κ2) is 8.47. The Morgan fingerprint density at radius 2 is 2.00 bits per heavy atom. The molecule has 2 aliphatic rings. The average molecular weight is 405 g/mol. The van der Waals surface area contributed by atoms with E-state index in [2.05, 4.69) is 55.9 Å². The van der Waals surface area contributed by atoms with Gasteiger partial charge < -0.3 is 14.4 Å². The minimum absolute atomic E-state index is 0.0427. The first-order valence-electron chi connectivity index (χ1n) is 11.1. The summed E-state index contributed by atoms with van der Waals surface area (Å²) in [5.41, 5.74) is 7.44. The maximum Gasteiger partial charge on any atom is 0.311 e. The van der Waals surface area contributed by atoms with E-state index < -0.39 is 0 Å². The van der Waals surface area contributed by atoms with Crippen LogP contribution in [0.1, 0.15) is 40.3 Å². The van der Waals surface area contributed by atoms with Crippen molar-refractivity contribution < 1.29 is 14.3 Å². The van der Waals surface area contributed by atoms with Crippen molar-refractivity contribution in [1.82, 2.24) is 4.90 Å². The van der Waals surface area contributed by atoms with Crippen LogP contribution >= 0.6 is 0 Å². The molecule has 1 heterocycles. The Hall–Kier alpha value is -2.27. The van der Waals surface area contributed by atoms with E-state index >= 15 is 0 Å². The van der Waals surface area contributed by atoms with E-state index in [1.165, 1.54) is 27.7 Å². The minimum Gasteiger partial charge on any atom is -0.489 e. The van der Waals surface area contributed by atoms with Crippen LogP contribution in [-0.4, -0.2) is 38.8 Å². The van der Waals surface area contributed by atoms with Gasteiger partial charge in [0.05, 0.1) is 5.92 Å². The molecular weight excluding hydrogens is 373 g/mol. The summed E-state index contributed by atoms with van der Waals surface area (Å²) in [7, 11) is 5.04. The number of hydrogen-bond acceptors (Lipinski definition) is 4. The molecule has 2 aromatic carbocycles. The van der Waals surface area contributed by atoms with Crippen molar-refractivity contribution in [3.05, 3.63) is 58.1 Å². The molecule has 0 amide bonds. The summed E-state index contributed by atoms with van der Waals surface area (Å²) in [6.07, 6.45) is 1.87. The van der Waals surface area contributed by atoms with E-state index in [9.17, 15) is 4.79 Å². The standard InChI is InChI=1S/C25H32BNO3/c1-15-12-22(29-14-17-8-6-7-9-21(17)26-3)16(2)23-18(15)10-11-19-20(13-27(4)5)25(28)30-24(19)23/h6-9,12,19-20,24,26H,10-11,13-14H2,1-5H3/t19-,20?,24?/m0/s1. The van der Waals surface area contributed by atoms with Gasteiger partial charge in [-0.1, -0.05) is 36.6 Å². The van der Waals surface area contributed by atoms with Gasteiger partial charge in [-0.2, -0.15) is 0 Å².